The summed E-state index contributed by atoms with van der Waals surface area (Å²) in [6.07, 6.45) is 3.04. The summed E-state index contributed by atoms with van der Waals surface area (Å²) in [6.45, 7) is 0.883. The minimum absolute atomic E-state index is 0.0429. The fourth-order valence-corrected chi connectivity index (χ4v) is 2.36. The Morgan fingerprint density at radius 3 is 3.00 bits per heavy atom. The zero-order valence-corrected chi connectivity index (χ0v) is 9.56. The fraction of sp³-hybridized carbons (Fsp3) is 0.462. The molecule has 1 aromatic rings. The van der Waals surface area contributed by atoms with Crippen LogP contribution in [-0.2, 0) is 0 Å². The fourth-order valence-electron chi connectivity index (χ4n) is 2.36. The van der Waals surface area contributed by atoms with Crippen molar-refractivity contribution in [3.63, 3.8) is 0 Å². The number of anilines is 1. The van der Waals surface area contributed by atoms with Gasteiger partial charge in [0.05, 0.1) is 23.9 Å². The largest absolute Gasteiger partial charge is 0.394 e. The average Bonchev–Trinajstić information content (AvgIpc) is 2.38. The van der Waals surface area contributed by atoms with Crippen molar-refractivity contribution in [2.45, 2.75) is 25.3 Å². The third kappa shape index (κ3) is 2.40. The summed E-state index contributed by atoms with van der Waals surface area (Å²) in [7, 11) is 0. The number of aliphatic hydroxyl groups is 1. The second kappa shape index (κ2) is 5.15. The first-order valence-corrected chi connectivity index (χ1v) is 5.83. The molecule has 1 unspecified atom stereocenters. The van der Waals surface area contributed by atoms with Gasteiger partial charge in [0.15, 0.2) is 0 Å². The second-order valence-electron chi connectivity index (χ2n) is 4.30. The molecule has 1 atom stereocenters. The first-order chi connectivity index (χ1) is 8.26. The Bertz CT molecular complexity index is 442. The van der Waals surface area contributed by atoms with Crippen LogP contribution in [0.25, 0.3) is 0 Å². The molecule has 1 N–H and O–H groups in total. The van der Waals surface area contributed by atoms with E-state index in [9.17, 15) is 9.50 Å². The third-order valence-electron chi connectivity index (χ3n) is 3.23. The van der Waals surface area contributed by atoms with Gasteiger partial charge < -0.3 is 10.0 Å². The van der Waals surface area contributed by atoms with E-state index in [4.69, 9.17) is 5.26 Å². The summed E-state index contributed by atoms with van der Waals surface area (Å²) in [5.74, 6) is -0.400. The molecule has 0 saturated carbocycles. The van der Waals surface area contributed by atoms with Crippen LogP contribution in [0.15, 0.2) is 18.2 Å². The minimum Gasteiger partial charge on any atom is -0.394 e. The van der Waals surface area contributed by atoms with Crippen molar-refractivity contribution in [3.05, 3.63) is 29.6 Å². The molecule has 0 aliphatic carbocycles. The van der Waals surface area contributed by atoms with Gasteiger partial charge >= 0.3 is 0 Å². The molecular formula is C13H15FN2O. The highest BCUT2D eigenvalue weighted by atomic mass is 19.1. The van der Waals surface area contributed by atoms with Gasteiger partial charge in [0.1, 0.15) is 11.9 Å². The van der Waals surface area contributed by atoms with Crippen molar-refractivity contribution in [1.82, 2.24) is 0 Å². The number of piperidine rings is 1. The van der Waals surface area contributed by atoms with Gasteiger partial charge in [-0.3, -0.25) is 0 Å². The van der Waals surface area contributed by atoms with E-state index in [1.54, 1.807) is 6.07 Å². The van der Waals surface area contributed by atoms with Gasteiger partial charge in [0.25, 0.3) is 0 Å². The molecule has 1 heterocycles. The minimum atomic E-state index is -0.400. The molecule has 0 spiro atoms. The van der Waals surface area contributed by atoms with Crippen LogP contribution in [0, 0.1) is 17.1 Å². The number of nitriles is 1. The van der Waals surface area contributed by atoms with E-state index in [2.05, 4.69) is 0 Å². The molecule has 0 radical (unpaired) electrons. The number of rotatable bonds is 2. The highest BCUT2D eigenvalue weighted by Gasteiger charge is 2.23. The molecule has 0 amide bonds. The van der Waals surface area contributed by atoms with E-state index >= 15 is 0 Å². The number of hydrogen-bond donors (Lipinski definition) is 1. The quantitative estimate of drug-likeness (QED) is 0.852. The van der Waals surface area contributed by atoms with Gasteiger partial charge in [-0.15, -0.1) is 0 Å². The standard InChI is InChI=1S/C13H15FN2O/c14-11-4-5-13(10(7-11)8-15)16-6-2-1-3-12(16)9-17/h4-5,7,12,17H,1-3,6,9H2. The second-order valence-corrected chi connectivity index (χ2v) is 4.30. The Morgan fingerprint density at radius 2 is 2.29 bits per heavy atom. The summed E-state index contributed by atoms with van der Waals surface area (Å²) >= 11 is 0. The maximum absolute atomic E-state index is 13.1. The number of halogens is 1. The molecule has 1 aliphatic rings. The highest BCUT2D eigenvalue weighted by molar-refractivity contribution is 5.60. The Balaban J connectivity index is 2.35. The molecule has 1 saturated heterocycles. The molecular weight excluding hydrogens is 219 g/mol. The maximum Gasteiger partial charge on any atom is 0.124 e. The average molecular weight is 234 g/mol. The van der Waals surface area contributed by atoms with Crippen molar-refractivity contribution in [3.8, 4) is 6.07 Å². The molecule has 0 aromatic heterocycles. The summed E-state index contributed by atoms with van der Waals surface area (Å²) in [5, 5.41) is 18.4. The van der Waals surface area contributed by atoms with Crippen molar-refractivity contribution in [2.24, 2.45) is 0 Å². The van der Waals surface area contributed by atoms with Crippen LogP contribution in [0.5, 0.6) is 0 Å². The lowest BCUT2D eigenvalue weighted by Crippen LogP contribution is -2.42. The molecule has 1 aromatic carbocycles. The van der Waals surface area contributed by atoms with Gasteiger partial charge in [0.2, 0.25) is 0 Å². The van der Waals surface area contributed by atoms with Crippen LogP contribution < -0.4 is 4.90 Å². The molecule has 90 valence electrons. The molecule has 4 heteroatoms. The first-order valence-electron chi connectivity index (χ1n) is 5.83. The monoisotopic (exact) mass is 234 g/mol. The third-order valence-corrected chi connectivity index (χ3v) is 3.23. The predicted molar refractivity (Wildman–Crippen MR) is 63.2 cm³/mol. The van der Waals surface area contributed by atoms with Crippen LogP contribution in [0.3, 0.4) is 0 Å². The molecule has 1 aliphatic heterocycles. The zero-order valence-electron chi connectivity index (χ0n) is 9.56. The predicted octanol–water partition coefficient (Wildman–Crippen LogP) is 2.05. The van der Waals surface area contributed by atoms with Crippen LogP contribution >= 0.6 is 0 Å². The van der Waals surface area contributed by atoms with Crippen LogP contribution in [-0.4, -0.2) is 24.3 Å². The maximum atomic E-state index is 13.1. The van der Waals surface area contributed by atoms with Gasteiger partial charge in [0, 0.05) is 6.54 Å². The van der Waals surface area contributed by atoms with Crippen LogP contribution in [0.1, 0.15) is 24.8 Å². The van der Waals surface area contributed by atoms with Crippen molar-refractivity contribution < 1.29 is 9.50 Å². The van der Waals surface area contributed by atoms with Crippen LogP contribution in [0.2, 0.25) is 0 Å². The first kappa shape index (κ1) is 11.9. The van der Waals surface area contributed by atoms with Crippen molar-refractivity contribution in [2.75, 3.05) is 18.1 Å². The lowest BCUT2D eigenvalue weighted by Gasteiger charge is -2.37. The Kier molecular flexibility index (Phi) is 3.60. The topological polar surface area (TPSA) is 47.3 Å². The molecule has 0 bridgehead atoms. The van der Waals surface area contributed by atoms with Gasteiger partial charge in [-0.25, -0.2) is 4.39 Å². The van der Waals surface area contributed by atoms with E-state index in [-0.39, 0.29) is 12.6 Å². The molecule has 1 fully saturated rings. The van der Waals surface area contributed by atoms with Gasteiger partial charge in [-0.2, -0.15) is 5.26 Å². The van der Waals surface area contributed by atoms with Crippen molar-refractivity contribution in [1.29, 1.82) is 5.26 Å². The smallest absolute Gasteiger partial charge is 0.124 e. The number of nitrogens with zero attached hydrogens (tertiary/aromatic N) is 2. The zero-order chi connectivity index (χ0) is 12.3. The summed E-state index contributed by atoms with van der Waals surface area (Å²) in [5.41, 5.74) is 1.07. The summed E-state index contributed by atoms with van der Waals surface area (Å²) in [4.78, 5) is 2.02. The van der Waals surface area contributed by atoms with E-state index in [1.807, 2.05) is 11.0 Å². The van der Waals surface area contributed by atoms with Gasteiger partial charge in [-0.1, -0.05) is 0 Å². The summed E-state index contributed by atoms with van der Waals surface area (Å²) in [6, 6.07) is 6.29. The highest BCUT2D eigenvalue weighted by Crippen LogP contribution is 2.28. The van der Waals surface area contributed by atoms with E-state index in [0.29, 0.717) is 5.56 Å². The number of benzene rings is 1. The normalized spacial score (nSPS) is 20.1. The Labute approximate surface area is 100 Å². The Morgan fingerprint density at radius 1 is 1.47 bits per heavy atom. The summed E-state index contributed by atoms with van der Waals surface area (Å²) < 4.78 is 13.1. The Hall–Kier alpha value is -1.60. The van der Waals surface area contributed by atoms with E-state index < -0.39 is 5.82 Å². The molecule has 17 heavy (non-hydrogen) atoms. The van der Waals surface area contributed by atoms with Crippen LogP contribution in [0.4, 0.5) is 10.1 Å². The van der Waals surface area contributed by atoms with Crippen molar-refractivity contribution >= 4 is 5.69 Å². The number of hydrogen-bond acceptors (Lipinski definition) is 3. The van der Waals surface area contributed by atoms with E-state index in [0.717, 1.165) is 31.5 Å². The van der Waals surface area contributed by atoms with E-state index in [1.165, 1.54) is 12.1 Å². The lowest BCUT2D eigenvalue weighted by atomic mass is 10.0. The SMILES string of the molecule is N#Cc1cc(F)ccc1N1CCCCC1CO. The van der Waals surface area contributed by atoms with Gasteiger partial charge in [-0.05, 0) is 37.5 Å². The lowest BCUT2D eigenvalue weighted by molar-refractivity contribution is 0.240. The molecule has 2 rings (SSSR count). The number of aliphatic hydroxyl groups excluding tert-OH is 1. The molecule has 3 nitrogen and oxygen atoms in total.